The summed E-state index contributed by atoms with van der Waals surface area (Å²) in [6.45, 7) is 5.67. The zero-order valence-corrected chi connectivity index (χ0v) is 19.0. The van der Waals surface area contributed by atoms with Crippen molar-refractivity contribution >= 4 is 17.5 Å². The SMILES string of the molecule is Cc1ccc(N2C(=O)C(O)=C(C(=O)c3ccc(C(C)C)cc3)C2c2ccc(C(F)(F)F)cn2)nn1. The van der Waals surface area contributed by atoms with Crippen molar-refractivity contribution in [1.82, 2.24) is 15.2 Å². The average Bonchev–Trinajstić information content (AvgIpc) is 3.09. The molecule has 180 valence electrons. The van der Waals surface area contributed by atoms with E-state index in [2.05, 4.69) is 15.2 Å². The number of alkyl halides is 3. The highest BCUT2D eigenvalue weighted by atomic mass is 19.4. The van der Waals surface area contributed by atoms with Crippen LogP contribution in [0.3, 0.4) is 0 Å². The van der Waals surface area contributed by atoms with Gasteiger partial charge in [-0.05, 0) is 42.7 Å². The van der Waals surface area contributed by atoms with Crippen molar-refractivity contribution < 1.29 is 27.9 Å². The monoisotopic (exact) mass is 482 g/mol. The Morgan fingerprint density at radius 1 is 1.03 bits per heavy atom. The van der Waals surface area contributed by atoms with Gasteiger partial charge in [-0.15, -0.1) is 5.10 Å². The van der Waals surface area contributed by atoms with Gasteiger partial charge in [0.15, 0.2) is 17.4 Å². The summed E-state index contributed by atoms with van der Waals surface area (Å²) in [5.74, 6) is -2.18. The summed E-state index contributed by atoms with van der Waals surface area (Å²) in [6, 6.07) is 10.3. The number of Topliss-reactive ketones (excluding diaryl/α,β-unsaturated/α-hetero) is 1. The fourth-order valence-corrected chi connectivity index (χ4v) is 3.78. The van der Waals surface area contributed by atoms with Gasteiger partial charge < -0.3 is 5.11 Å². The van der Waals surface area contributed by atoms with Gasteiger partial charge in [-0.25, -0.2) is 0 Å². The normalized spacial score (nSPS) is 16.4. The van der Waals surface area contributed by atoms with E-state index in [1.54, 1.807) is 37.3 Å². The van der Waals surface area contributed by atoms with E-state index < -0.39 is 35.2 Å². The number of anilines is 1. The summed E-state index contributed by atoms with van der Waals surface area (Å²) in [7, 11) is 0. The Labute approximate surface area is 199 Å². The maximum Gasteiger partial charge on any atom is 0.417 e. The van der Waals surface area contributed by atoms with Crippen molar-refractivity contribution in [2.24, 2.45) is 0 Å². The molecule has 0 aliphatic carbocycles. The lowest BCUT2D eigenvalue weighted by Crippen LogP contribution is -2.32. The highest BCUT2D eigenvalue weighted by Gasteiger charge is 2.46. The summed E-state index contributed by atoms with van der Waals surface area (Å²) in [4.78, 5) is 31.5. The maximum atomic E-state index is 13.5. The second-order valence-corrected chi connectivity index (χ2v) is 8.45. The Morgan fingerprint density at radius 3 is 2.23 bits per heavy atom. The Kier molecular flexibility index (Phi) is 6.14. The van der Waals surface area contributed by atoms with E-state index in [1.807, 2.05) is 13.8 Å². The van der Waals surface area contributed by atoms with E-state index in [0.717, 1.165) is 22.6 Å². The Hall–Kier alpha value is -4.08. The Bertz CT molecular complexity index is 1300. The van der Waals surface area contributed by atoms with Crippen LogP contribution in [0, 0.1) is 6.92 Å². The third-order valence-electron chi connectivity index (χ3n) is 5.72. The molecule has 1 atom stereocenters. The average molecular weight is 482 g/mol. The number of aromatic nitrogens is 3. The van der Waals surface area contributed by atoms with E-state index in [9.17, 15) is 27.9 Å². The molecule has 3 aromatic rings. The number of benzene rings is 1. The standard InChI is InChI=1S/C25H21F3N4O3/c1-13(2)15-5-7-16(8-6-15)22(33)20-21(18-10-9-17(12-29-18)25(26,27)28)32(24(35)23(20)34)19-11-4-14(3)30-31-19/h4-13,21,34H,1-3H3. The molecule has 1 N–H and O–H groups in total. The number of hydrogen-bond donors (Lipinski definition) is 1. The molecule has 2 aromatic heterocycles. The van der Waals surface area contributed by atoms with Crippen LogP contribution in [0.4, 0.5) is 19.0 Å². The second kappa shape index (κ2) is 8.94. The third kappa shape index (κ3) is 4.51. The van der Waals surface area contributed by atoms with Crippen LogP contribution in [-0.4, -0.2) is 32.0 Å². The second-order valence-electron chi connectivity index (χ2n) is 8.45. The quantitative estimate of drug-likeness (QED) is 0.508. The lowest BCUT2D eigenvalue weighted by molar-refractivity contribution is -0.137. The molecule has 0 spiro atoms. The molecule has 1 aliphatic heterocycles. The number of carbonyl (C=O) groups is 2. The van der Waals surface area contributed by atoms with E-state index >= 15 is 0 Å². The van der Waals surface area contributed by atoms with Crippen LogP contribution in [0.15, 0.2) is 66.1 Å². The fourth-order valence-electron chi connectivity index (χ4n) is 3.78. The molecule has 0 saturated carbocycles. The van der Waals surface area contributed by atoms with Crippen molar-refractivity contribution in [2.45, 2.75) is 38.9 Å². The predicted octanol–water partition coefficient (Wildman–Crippen LogP) is 5.11. The zero-order valence-electron chi connectivity index (χ0n) is 19.0. The number of ketones is 1. The molecule has 1 aliphatic rings. The van der Waals surface area contributed by atoms with Gasteiger partial charge in [0.1, 0.15) is 6.04 Å². The molecule has 10 heteroatoms. The van der Waals surface area contributed by atoms with Gasteiger partial charge in [0.25, 0.3) is 5.91 Å². The Balaban J connectivity index is 1.83. The van der Waals surface area contributed by atoms with Crippen molar-refractivity contribution in [2.75, 3.05) is 4.90 Å². The smallest absolute Gasteiger partial charge is 0.417 e. The summed E-state index contributed by atoms with van der Waals surface area (Å²) in [5.41, 5.74) is 0.417. The number of aliphatic hydroxyl groups excluding tert-OH is 1. The first kappa shape index (κ1) is 24.1. The molecule has 0 radical (unpaired) electrons. The predicted molar refractivity (Wildman–Crippen MR) is 121 cm³/mol. The number of aliphatic hydroxyl groups is 1. The minimum Gasteiger partial charge on any atom is -0.503 e. The van der Waals surface area contributed by atoms with Gasteiger partial charge in [-0.1, -0.05) is 38.1 Å². The van der Waals surface area contributed by atoms with E-state index in [4.69, 9.17) is 0 Å². The van der Waals surface area contributed by atoms with Crippen molar-refractivity contribution in [1.29, 1.82) is 0 Å². The largest absolute Gasteiger partial charge is 0.503 e. The Morgan fingerprint density at radius 2 is 1.71 bits per heavy atom. The van der Waals surface area contributed by atoms with Crippen molar-refractivity contribution in [3.8, 4) is 0 Å². The van der Waals surface area contributed by atoms with Gasteiger partial charge in [0.05, 0.1) is 22.5 Å². The highest BCUT2D eigenvalue weighted by molar-refractivity contribution is 6.20. The van der Waals surface area contributed by atoms with Crippen LogP contribution in [-0.2, 0) is 11.0 Å². The number of nitrogens with zero attached hydrogens (tertiary/aromatic N) is 4. The summed E-state index contributed by atoms with van der Waals surface area (Å²) < 4.78 is 39.3. The zero-order chi connectivity index (χ0) is 25.5. The van der Waals surface area contributed by atoms with Crippen LogP contribution < -0.4 is 4.90 Å². The molecular formula is C25H21F3N4O3. The first-order chi connectivity index (χ1) is 16.5. The first-order valence-electron chi connectivity index (χ1n) is 10.7. The number of hydrogen-bond acceptors (Lipinski definition) is 6. The van der Waals surface area contributed by atoms with Gasteiger partial charge in [-0.2, -0.15) is 18.3 Å². The minimum atomic E-state index is -4.62. The van der Waals surface area contributed by atoms with Crippen LogP contribution in [0.1, 0.15) is 58.7 Å². The molecule has 7 nitrogen and oxygen atoms in total. The van der Waals surface area contributed by atoms with Crippen LogP contribution in [0.5, 0.6) is 0 Å². The van der Waals surface area contributed by atoms with Gasteiger partial charge >= 0.3 is 6.18 Å². The molecule has 0 bridgehead atoms. The van der Waals surface area contributed by atoms with Gasteiger partial charge in [0, 0.05) is 11.8 Å². The molecule has 1 unspecified atom stereocenters. The van der Waals surface area contributed by atoms with Crippen LogP contribution in [0.25, 0.3) is 0 Å². The molecule has 35 heavy (non-hydrogen) atoms. The number of aryl methyl sites for hydroxylation is 1. The third-order valence-corrected chi connectivity index (χ3v) is 5.72. The first-order valence-corrected chi connectivity index (χ1v) is 10.7. The molecule has 4 rings (SSSR count). The van der Waals surface area contributed by atoms with E-state index in [1.165, 1.54) is 6.07 Å². The van der Waals surface area contributed by atoms with E-state index in [0.29, 0.717) is 11.9 Å². The summed E-state index contributed by atoms with van der Waals surface area (Å²) >= 11 is 0. The molecular weight excluding hydrogens is 461 g/mol. The van der Waals surface area contributed by atoms with Gasteiger partial charge in [-0.3, -0.25) is 19.5 Å². The van der Waals surface area contributed by atoms with Crippen molar-refractivity contribution in [3.63, 3.8) is 0 Å². The molecule has 0 saturated heterocycles. The van der Waals surface area contributed by atoms with E-state index in [-0.39, 0.29) is 28.6 Å². The van der Waals surface area contributed by atoms with Crippen molar-refractivity contribution in [3.05, 3.63) is 94.1 Å². The maximum absolute atomic E-state index is 13.5. The minimum absolute atomic E-state index is 0.0109. The van der Waals surface area contributed by atoms with Crippen LogP contribution >= 0.6 is 0 Å². The molecule has 3 heterocycles. The molecule has 1 amide bonds. The highest BCUT2D eigenvalue weighted by Crippen LogP contribution is 2.41. The lowest BCUT2D eigenvalue weighted by atomic mass is 9.93. The summed E-state index contributed by atoms with van der Waals surface area (Å²) in [5, 5.41) is 18.6. The summed E-state index contributed by atoms with van der Waals surface area (Å²) in [6.07, 6.45) is -4.00. The molecule has 0 fully saturated rings. The number of rotatable bonds is 5. The van der Waals surface area contributed by atoms with Crippen LogP contribution in [0.2, 0.25) is 0 Å². The lowest BCUT2D eigenvalue weighted by Gasteiger charge is -2.25. The number of amides is 1. The number of halogens is 3. The number of carbonyl (C=O) groups excluding carboxylic acids is 2. The van der Waals surface area contributed by atoms with Gasteiger partial charge in [0.2, 0.25) is 0 Å². The topological polar surface area (TPSA) is 96.3 Å². The molecule has 1 aromatic carbocycles. The fraction of sp³-hybridized carbons (Fsp3) is 0.240. The number of pyridine rings is 1.